The molecule has 0 spiro atoms. The van der Waals surface area contributed by atoms with Gasteiger partial charge in [-0.15, -0.1) is 11.3 Å². The number of anilines is 2. The van der Waals surface area contributed by atoms with Gasteiger partial charge in [0.25, 0.3) is 11.5 Å². The molecular formula is C23H17ClF4N6O2S. The van der Waals surface area contributed by atoms with Crippen molar-refractivity contribution in [2.75, 3.05) is 16.8 Å². The summed E-state index contributed by atoms with van der Waals surface area (Å²) in [6.07, 6.45) is -2.99. The molecule has 0 atom stereocenters. The number of H-pyrrole nitrogens is 1. The number of rotatable bonds is 4. The van der Waals surface area contributed by atoms with E-state index in [2.05, 4.69) is 20.4 Å². The third kappa shape index (κ3) is 4.71. The lowest BCUT2D eigenvalue weighted by Crippen LogP contribution is -2.33. The maximum absolute atomic E-state index is 14.4. The van der Waals surface area contributed by atoms with Crippen LogP contribution in [0.2, 0.25) is 5.02 Å². The first-order chi connectivity index (χ1) is 17.5. The van der Waals surface area contributed by atoms with Crippen LogP contribution >= 0.6 is 22.9 Å². The maximum Gasteiger partial charge on any atom is 0.419 e. The second-order valence-electron chi connectivity index (χ2n) is 8.29. The van der Waals surface area contributed by atoms with Crippen molar-refractivity contribution in [3.8, 4) is 11.3 Å². The SMILES string of the molecule is Cn1[nH]c2c(c1=O)CCN(c1ncc(C(=O)Nc3nc(-c4cccc(C(F)(F)F)c4F)cs3)cc1Cl)C2. The summed E-state index contributed by atoms with van der Waals surface area (Å²) in [6, 6.07) is 4.36. The average Bonchev–Trinajstić information content (AvgIpc) is 3.41. The van der Waals surface area contributed by atoms with E-state index < -0.39 is 23.5 Å². The Balaban J connectivity index is 1.31. The Kier molecular flexibility index (Phi) is 6.28. The number of thiazole rings is 1. The van der Waals surface area contributed by atoms with Crippen molar-refractivity contribution in [1.29, 1.82) is 0 Å². The summed E-state index contributed by atoms with van der Waals surface area (Å²) in [5.41, 5.74) is -0.214. The number of benzene rings is 1. The van der Waals surface area contributed by atoms with Crippen molar-refractivity contribution < 1.29 is 22.4 Å². The highest BCUT2D eigenvalue weighted by molar-refractivity contribution is 7.14. The van der Waals surface area contributed by atoms with Crippen LogP contribution in [0.1, 0.15) is 27.2 Å². The number of carbonyl (C=O) groups is 1. The van der Waals surface area contributed by atoms with Gasteiger partial charge >= 0.3 is 6.18 Å². The summed E-state index contributed by atoms with van der Waals surface area (Å²) >= 11 is 7.35. The molecule has 0 radical (unpaired) electrons. The molecule has 1 amide bonds. The second kappa shape index (κ2) is 9.30. The van der Waals surface area contributed by atoms with Crippen LogP contribution in [-0.2, 0) is 26.2 Å². The van der Waals surface area contributed by atoms with E-state index in [0.29, 0.717) is 31.4 Å². The number of aryl methyl sites for hydroxylation is 1. The van der Waals surface area contributed by atoms with Gasteiger partial charge in [0, 0.05) is 36.3 Å². The van der Waals surface area contributed by atoms with Crippen LogP contribution in [0, 0.1) is 5.82 Å². The molecule has 14 heteroatoms. The summed E-state index contributed by atoms with van der Waals surface area (Å²) < 4.78 is 54.9. The quantitative estimate of drug-likeness (QED) is 0.353. The minimum Gasteiger partial charge on any atom is -0.349 e. The number of amides is 1. The van der Waals surface area contributed by atoms with Crippen molar-refractivity contribution in [2.24, 2.45) is 7.05 Å². The van der Waals surface area contributed by atoms with Crippen LogP contribution in [0.5, 0.6) is 0 Å². The Morgan fingerprint density at radius 1 is 1.30 bits per heavy atom. The largest absolute Gasteiger partial charge is 0.419 e. The molecule has 0 fully saturated rings. The van der Waals surface area contributed by atoms with Crippen LogP contribution in [-0.4, -0.2) is 32.2 Å². The number of aromatic nitrogens is 4. The number of hydrogen-bond acceptors (Lipinski definition) is 6. The Bertz CT molecular complexity index is 1580. The molecule has 0 saturated carbocycles. The fraction of sp³-hybridized carbons (Fsp3) is 0.217. The average molecular weight is 553 g/mol. The first-order valence-electron chi connectivity index (χ1n) is 10.8. The van der Waals surface area contributed by atoms with Gasteiger partial charge in [0.1, 0.15) is 11.6 Å². The molecule has 1 aliphatic rings. The van der Waals surface area contributed by atoms with Gasteiger partial charge in [-0.3, -0.25) is 24.7 Å². The Morgan fingerprint density at radius 2 is 2.08 bits per heavy atom. The van der Waals surface area contributed by atoms with Crippen molar-refractivity contribution in [2.45, 2.75) is 19.1 Å². The van der Waals surface area contributed by atoms with Crippen LogP contribution < -0.4 is 15.8 Å². The van der Waals surface area contributed by atoms with E-state index in [0.717, 1.165) is 28.7 Å². The maximum atomic E-state index is 14.4. The number of alkyl halides is 3. The van der Waals surface area contributed by atoms with Crippen LogP contribution in [0.3, 0.4) is 0 Å². The van der Waals surface area contributed by atoms with Gasteiger partial charge in [-0.05, 0) is 24.6 Å². The third-order valence-corrected chi connectivity index (χ3v) is 6.93. The molecular weight excluding hydrogens is 536 g/mol. The molecule has 0 unspecified atom stereocenters. The summed E-state index contributed by atoms with van der Waals surface area (Å²) in [6.45, 7) is 0.921. The highest BCUT2D eigenvalue weighted by Gasteiger charge is 2.35. The Hall–Kier alpha value is -3.71. The first kappa shape index (κ1) is 25.0. The lowest BCUT2D eigenvalue weighted by atomic mass is 10.1. The summed E-state index contributed by atoms with van der Waals surface area (Å²) in [4.78, 5) is 35.1. The Morgan fingerprint density at radius 3 is 2.81 bits per heavy atom. The van der Waals surface area contributed by atoms with Crippen LogP contribution in [0.4, 0.5) is 28.5 Å². The van der Waals surface area contributed by atoms with E-state index >= 15 is 0 Å². The molecule has 0 aliphatic carbocycles. The lowest BCUT2D eigenvalue weighted by molar-refractivity contribution is -0.139. The Labute approximate surface area is 215 Å². The van der Waals surface area contributed by atoms with Gasteiger partial charge in [-0.2, -0.15) is 13.2 Å². The fourth-order valence-corrected chi connectivity index (χ4v) is 5.09. The molecule has 0 saturated heterocycles. The van der Waals surface area contributed by atoms with Gasteiger partial charge in [-0.25, -0.2) is 14.4 Å². The van der Waals surface area contributed by atoms with Gasteiger partial charge in [0.2, 0.25) is 0 Å². The van der Waals surface area contributed by atoms with Gasteiger partial charge < -0.3 is 4.90 Å². The number of hydrogen-bond donors (Lipinski definition) is 2. The van der Waals surface area contributed by atoms with Crippen molar-refractivity contribution >= 4 is 39.8 Å². The molecule has 8 nitrogen and oxygen atoms in total. The van der Waals surface area contributed by atoms with Gasteiger partial charge in [0.05, 0.1) is 34.1 Å². The number of fused-ring (bicyclic) bond motifs is 1. The zero-order chi connectivity index (χ0) is 26.5. The summed E-state index contributed by atoms with van der Waals surface area (Å²) in [5, 5.41) is 7.18. The first-order valence-corrected chi connectivity index (χ1v) is 12.1. The third-order valence-electron chi connectivity index (χ3n) is 5.90. The predicted molar refractivity (Wildman–Crippen MR) is 130 cm³/mol. The normalized spacial score (nSPS) is 13.5. The second-order valence-corrected chi connectivity index (χ2v) is 9.56. The topological polar surface area (TPSA) is 95.9 Å². The van der Waals surface area contributed by atoms with E-state index in [1.807, 2.05) is 4.90 Å². The number of pyridine rings is 1. The van der Waals surface area contributed by atoms with E-state index in [1.54, 1.807) is 7.05 Å². The van der Waals surface area contributed by atoms with Crippen LogP contribution in [0.25, 0.3) is 11.3 Å². The van der Waals surface area contributed by atoms with Crippen LogP contribution in [0.15, 0.2) is 40.6 Å². The number of aromatic amines is 1. The summed E-state index contributed by atoms with van der Waals surface area (Å²) in [5.74, 6) is -1.58. The molecule has 0 bridgehead atoms. The molecule has 37 heavy (non-hydrogen) atoms. The molecule has 192 valence electrons. The molecule has 3 aromatic heterocycles. The number of nitrogens with zero attached hydrogens (tertiary/aromatic N) is 4. The number of carbonyl (C=O) groups excluding carboxylic acids is 1. The predicted octanol–water partition coefficient (Wildman–Crippen LogP) is 4.86. The molecule has 2 N–H and O–H groups in total. The molecule has 1 aliphatic heterocycles. The number of halogens is 5. The van der Waals surface area contributed by atoms with Gasteiger partial charge in [0.15, 0.2) is 5.13 Å². The molecule has 1 aromatic carbocycles. The minimum atomic E-state index is -4.85. The monoisotopic (exact) mass is 552 g/mol. The number of nitrogens with one attached hydrogen (secondary N) is 2. The highest BCUT2D eigenvalue weighted by Crippen LogP contribution is 2.36. The van der Waals surface area contributed by atoms with E-state index in [1.165, 1.54) is 28.4 Å². The molecule has 4 aromatic rings. The van der Waals surface area contributed by atoms with E-state index in [9.17, 15) is 27.2 Å². The molecule has 5 rings (SSSR count). The molecule has 4 heterocycles. The van der Waals surface area contributed by atoms with Crippen molar-refractivity contribution in [1.82, 2.24) is 19.7 Å². The lowest BCUT2D eigenvalue weighted by Gasteiger charge is -2.28. The fourth-order valence-electron chi connectivity index (χ4n) is 4.10. The van der Waals surface area contributed by atoms with Gasteiger partial charge in [-0.1, -0.05) is 17.7 Å². The smallest absolute Gasteiger partial charge is 0.349 e. The summed E-state index contributed by atoms with van der Waals surface area (Å²) in [7, 11) is 1.64. The zero-order valence-electron chi connectivity index (χ0n) is 19.0. The van der Waals surface area contributed by atoms with Crippen molar-refractivity contribution in [3.63, 3.8) is 0 Å². The standard InChI is InChI=1S/C23H17ClF4N6O2S/c1-33-21(36)13-5-6-34(9-16(13)32-33)19-15(24)7-11(8-29-19)20(35)31-22-30-17(10-37-22)12-3-2-4-14(18(12)25)23(26,27)28/h2-4,7-8,10,32H,5-6,9H2,1H3,(H,30,31,35). The zero-order valence-corrected chi connectivity index (χ0v) is 20.6. The van der Waals surface area contributed by atoms with E-state index in [4.69, 9.17) is 11.6 Å². The van der Waals surface area contributed by atoms with Crippen molar-refractivity contribution in [3.05, 3.63) is 79.4 Å². The minimum absolute atomic E-state index is 0.0428. The van der Waals surface area contributed by atoms with E-state index in [-0.39, 0.29) is 32.5 Å². The highest BCUT2D eigenvalue weighted by atomic mass is 35.5.